The second kappa shape index (κ2) is 12.0. The van der Waals surface area contributed by atoms with E-state index in [-0.39, 0.29) is 11.7 Å². The first-order chi connectivity index (χ1) is 15.1. The van der Waals surface area contributed by atoms with E-state index in [1.807, 2.05) is 24.3 Å². The second-order valence-electron chi connectivity index (χ2n) is 8.12. The SMILES string of the molecule is CC(=O)CCCCCNC(=O)CCCCCNc1c2ccccc2nc2ccccc12. The van der Waals surface area contributed by atoms with Gasteiger partial charge in [0.2, 0.25) is 5.91 Å². The molecule has 0 radical (unpaired) electrons. The van der Waals surface area contributed by atoms with Gasteiger partial charge in [-0.15, -0.1) is 0 Å². The number of nitrogens with one attached hydrogen (secondary N) is 2. The van der Waals surface area contributed by atoms with Crippen molar-refractivity contribution in [1.29, 1.82) is 0 Å². The molecular weight excluding hydrogens is 386 g/mol. The lowest BCUT2D eigenvalue weighted by molar-refractivity contribution is -0.121. The van der Waals surface area contributed by atoms with E-state index in [0.29, 0.717) is 19.4 Å². The van der Waals surface area contributed by atoms with Crippen LogP contribution in [0.5, 0.6) is 0 Å². The zero-order valence-electron chi connectivity index (χ0n) is 18.5. The highest BCUT2D eigenvalue weighted by Crippen LogP contribution is 2.30. The summed E-state index contributed by atoms with van der Waals surface area (Å²) in [4.78, 5) is 27.6. The molecule has 0 unspecified atom stereocenters. The first kappa shape index (κ1) is 22.7. The van der Waals surface area contributed by atoms with Crippen molar-refractivity contribution in [2.45, 2.75) is 58.3 Å². The maximum absolute atomic E-state index is 11.9. The molecule has 1 amide bonds. The predicted octanol–water partition coefficient (Wildman–Crippen LogP) is 5.63. The van der Waals surface area contributed by atoms with Crippen LogP contribution in [0.1, 0.15) is 58.3 Å². The van der Waals surface area contributed by atoms with Gasteiger partial charge in [0.05, 0.1) is 16.7 Å². The molecule has 0 saturated heterocycles. The number of pyridine rings is 1. The summed E-state index contributed by atoms with van der Waals surface area (Å²) < 4.78 is 0. The number of rotatable bonds is 13. The van der Waals surface area contributed by atoms with Gasteiger partial charge in [0.25, 0.3) is 0 Å². The molecule has 0 fully saturated rings. The number of unbranched alkanes of at least 4 members (excludes halogenated alkanes) is 4. The first-order valence-electron chi connectivity index (χ1n) is 11.4. The van der Waals surface area contributed by atoms with Crippen molar-refractivity contribution in [2.24, 2.45) is 0 Å². The number of benzene rings is 2. The molecule has 0 bridgehead atoms. The quantitative estimate of drug-likeness (QED) is 0.278. The lowest BCUT2D eigenvalue weighted by Crippen LogP contribution is -2.24. The molecule has 0 saturated carbocycles. The maximum atomic E-state index is 11.9. The zero-order valence-corrected chi connectivity index (χ0v) is 18.5. The van der Waals surface area contributed by atoms with E-state index in [4.69, 9.17) is 4.98 Å². The summed E-state index contributed by atoms with van der Waals surface area (Å²) in [6.45, 7) is 3.20. The third-order valence-corrected chi connectivity index (χ3v) is 5.50. The molecule has 2 N–H and O–H groups in total. The molecule has 0 aliphatic heterocycles. The Morgan fingerprint density at radius 3 is 1.97 bits per heavy atom. The standard InChI is InChI=1S/C26H33N3O2/c1-20(30)12-4-2-10-18-27-25(31)17-5-3-11-19-28-26-21-13-6-8-15-23(21)29-24-16-9-7-14-22(24)26/h6-9,13-16H,2-5,10-12,17-19H2,1H3,(H,27,31)(H,28,29). The largest absolute Gasteiger partial charge is 0.384 e. The van der Waals surface area contributed by atoms with Gasteiger partial charge in [-0.3, -0.25) is 4.79 Å². The van der Waals surface area contributed by atoms with E-state index < -0.39 is 0 Å². The Hall–Kier alpha value is -2.95. The minimum Gasteiger partial charge on any atom is -0.384 e. The monoisotopic (exact) mass is 419 g/mol. The molecule has 3 aromatic rings. The highest BCUT2D eigenvalue weighted by Gasteiger charge is 2.08. The Labute approximate surface area is 184 Å². The van der Waals surface area contributed by atoms with E-state index in [1.165, 1.54) is 0 Å². The zero-order chi connectivity index (χ0) is 21.9. The highest BCUT2D eigenvalue weighted by molar-refractivity contribution is 6.07. The molecule has 5 heteroatoms. The van der Waals surface area contributed by atoms with E-state index >= 15 is 0 Å². The summed E-state index contributed by atoms with van der Waals surface area (Å²) in [5.41, 5.74) is 3.15. The van der Waals surface area contributed by atoms with Gasteiger partial charge in [0, 0.05) is 36.7 Å². The van der Waals surface area contributed by atoms with Crippen molar-refractivity contribution in [2.75, 3.05) is 18.4 Å². The number of carbonyl (C=O) groups excluding carboxylic acids is 2. The predicted molar refractivity (Wildman–Crippen MR) is 128 cm³/mol. The number of aromatic nitrogens is 1. The number of anilines is 1. The number of hydrogen-bond donors (Lipinski definition) is 2. The second-order valence-corrected chi connectivity index (χ2v) is 8.12. The molecule has 0 spiro atoms. The number of para-hydroxylation sites is 2. The van der Waals surface area contributed by atoms with Crippen molar-refractivity contribution in [3.63, 3.8) is 0 Å². The maximum Gasteiger partial charge on any atom is 0.219 e. The topological polar surface area (TPSA) is 71.1 Å². The smallest absolute Gasteiger partial charge is 0.219 e. The highest BCUT2D eigenvalue weighted by atomic mass is 16.1. The summed E-state index contributed by atoms with van der Waals surface area (Å²) in [7, 11) is 0. The van der Waals surface area contributed by atoms with Crippen LogP contribution in [0, 0.1) is 0 Å². The molecule has 1 aromatic heterocycles. The van der Waals surface area contributed by atoms with Gasteiger partial charge in [-0.25, -0.2) is 4.98 Å². The molecule has 164 valence electrons. The molecule has 31 heavy (non-hydrogen) atoms. The fourth-order valence-corrected chi connectivity index (χ4v) is 3.82. The Kier molecular flexibility index (Phi) is 8.83. The summed E-state index contributed by atoms with van der Waals surface area (Å²) >= 11 is 0. The summed E-state index contributed by atoms with van der Waals surface area (Å²) in [6.07, 6.45) is 7.00. The van der Waals surface area contributed by atoms with Crippen LogP contribution >= 0.6 is 0 Å². The van der Waals surface area contributed by atoms with Crippen molar-refractivity contribution in [3.8, 4) is 0 Å². The molecule has 3 rings (SSSR count). The van der Waals surface area contributed by atoms with Gasteiger partial charge >= 0.3 is 0 Å². The Morgan fingerprint density at radius 1 is 0.742 bits per heavy atom. The average molecular weight is 420 g/mol. The van der Waals surface area contributed by atoms with Gasteiger partial charge < -0.3 is 15.4 Å². The van der Waals surface area contributed by atoms with Crippen LogP contribution in [0.15, 0.2) is 48.5 Å². The minimum absolute atomic E-state index is 0.130. The number of hydrogen-bond acceptors (Lipinski definition) is 4. The fourth-order valence-electron chi connectivity index (χ4n) is 3.82. The summed E-state index contributed by atoms with van der Waals surface area (Å²) in [6, 6.07) is 16.5. The molecule has 0 aliphatic rings. The molecule has 1 heterocycles. The third-order valence-electron chi connectivity index (χ3n) is 5.50. The number of ketones is 1. The molecule has 2 aromatic carbocycles. The van der Waals surface area contributed by atoms with Crippen LogP contribution in [0.2, 0.25) is 0 Å². The van der Waals surface area contributed by atoms with E-state index in [9.17, 15) is 9.59 Å². The van der Waals surface area contributed by atoms with Crippen molar-refractivity contribution in [3.05, 3.63) is 48.5 Å². The van der Waals surface area contributed by atoms with E-state index in [2.05, 4.69) is 34.9 Å². The third kappa shape index (κ3) is 7.06. The molecule has 0 aliphatic carbocycles. The van der Waals surface area contributed by atoms with Gasteiger partial charge in [0.1, 0.15) is 5.78 Å². The van der Waals surface area contributed by atoms with Crippen molar-refractivity contribution >= 4 is 39.2 Å². The number of amides is 1. The Bertz CT molecular complexity index is 962. The van der Waals surface area contributed by atoms with Crippen molar-refractivity contribution in [1.82, 2.24) is 10.3 Å². The van der Waals surface area contributed by atoms with E-state index in [1.54, 1.807) is 6.92 Å². The molecule has 5 nitrogen and oxygen atoms in total. The normalized spacial score (nSPS) is 11.0. The minimum atomic E-state index is 0.130. The van der Waals surface area contributed by atoms with Gasteiger partial charge in [-0.1, -0.05) is 49.2 Å². The van der Waals surface area contributed by atoms with Gasteiger partial charge in [0.15, 0.2) is 0 Å². The average Bonchev–Trinajstić information content (AvgIpc) is 2.77. The van der Waals surface area contributed by atoms with Gasteiger partial charge in [-0.05, 0) is 44.7 Å². The lowest BCUT2D eigenvalue weighted by atomic mass is 10.1. The molecule has 0 atom stereocenters. The Morgan fingerprint density at radius 2 is 1.32 bits per heavy atom. The number of fused-ring (bicyclic) bond motifs is 2. The van der Waals surface area contributed by atoms with Gasteiger partial charge in [-0.2, -0.15) is 0 Å². The summed E-state index contributed by atoms with van der Waals surface area (Å²) in [5, 5.41) is 8.88. The van der Waals surface area contributed by atoms with Crippen molar-refractivity contribution < 1.29 is 9.59 Å². The number of carbonyl (C=O) groups is 2. The molecular formula is C26H33N3O2. The summed E-state index contributed by atoms with van der Waals surface area (Å²) in [5.74, 6) is 0.370. The first-order valence-corrected chi connectivity index (χ1v) is 11.4. The Balaban J connectivity index is 1.37. The lowest BCUT2D eigenvalue weighted by Gasteiger charge is -2.13. The van der Waals surface area contributed by atoms with Crippen LogP contribution in [0.3, 0.4) is 0 Å². The van der Waals surface area contributed by atoms with E-state index in [0.717, 1.165) is 72.6 Å². The van der Waals surface area contributed by atoms with Crippen LogP contribution in [-0.4, -0.2) is 29.8 Å². The van der Waals surface area contributed by atoms with Crippen LogP contribution in [0.4, 0.5) is 5.69 Å². The van der Waals surface area contributed by atoms with Crippen LogP contribution in [-0.2, 0) is 9.59 Å². The fraction of sp³-hybridized carbons (Fsp3) is 0.423. The number of Topliss-reactive ketones (excluding diaryl/α,β-unsaturated/α-hetero) is 1. The van der Waals surface area contributed by atoms with Crippen LogP contribution in [0.25, 0.3) is 21.8 Å². The van der Waals surface area contributed by atoms with Crippen LogP contribution < -0.4 is 10.6 Å². The number of nitrogens with zero attached hydrogens (tertiary/aromatic N) is 1.